The summed E-state index contributed by atoms with van der Waals surface area (Å²) in [7, 11) is 1.99. The highest BCUT2D eigenvalue weighted by molar-refractivity contribution is 7.10. The van der Waals surface area contributed by atoms with Crippen molar-refractivity contribution in [1.82, 2.24) is 15.3 Å². The maximum Gasteiger partial charge on any atom is 0.107 e. The molecule has 0 unspecified atom stereocenters. The van der Waals surface area contributed by atoms with E-state index in [2.05, 4.69) is 21.7 Å². The molecule has 0 saturated heterocycles. The van der Waals surface area contributed by atoms with Crippen molar-refractivity contribution >= 4 is 11.3 Å². The van der Waals surface area contributed by atoms with Gasteiger partial charge in [0.1, 0.15) is 5.82 Å². The maximum atomic E-state index is 4.76. The van der Waals surface area contributed by atoms with E-state index in [9.17, 15) is 0 Å². The molecule has 0 amide bonds. The van der Waals surface area contributed by atoms with Gasteiger partial charge in [0.05, 0.1) is 5.69 Å². The van der Waals surface area contributed by atoms with Gasteiger partial charge in [0.25, 0.3) is 0 Å². The molecule has 2 aromatic rings. The summed E-state index contributed by atoms with van der Waals surface area (Å²) in [5.41, 5.74) is 3.88. The maximum absolute atomic E-state index is 4.76. The van der Waals surface area contributed by atoms with Crippen LogP contribution in [0.15, 0.2) is 11.4 Å². The van der Waals surface area contributed by atoms with Gasteiger partial charge in [-0.2, -0.15) is 0 Å². The van der Waals surface area contributed by atoms with E-state index >= 15 is 0 Å². The van der Waals surface area contributed by atoms with Crippen LogP contribution in [-0.2, 0) is 19.3 Å². The molecule has 2 heterocycles. The molecule has 2 aromatic heterocycles. The lowest BCUT2D eigenvalue weighted by atomic mass is 10.0. The highest BCUT2D eigenvalue weighted by Gasteiger charge is 2.20. The molecule has 0 aromatic carbocycles. The van der Waals surface area contributed by atoms with Crippen LogP contribution in [0.2, 0.25) is 0 Å². The van der Waals surface area contributed by atoms with Crippen molar-refractivity contribution in [3.63, 3.8) is 0 Å². The first kappa shape index (κ1) is 11.0. The largest absolute Gasteiger partial charge is 0.345 e. The van der Waals surface area contributed by atoms with E-state index in [0.29, 0.717) is 0 Å². The Bertz CT molecular complexity index is 512. The molecule has 0 saturated carbocycles. The Hall–Kier alpha value is -1.13. The summed E-state index contributed by atoms with van der Waals surface area (Å²) in [6.45, 7) is 1.05. The first-order valence-corrected chi connectivity index (χ1v) is 7.05. The number of hydrogen-bond donors (Lipinski definition) is 2. The summed E-state index contributed by atoms with van der Waals surface area (Å²) in [5.74, 6) is 1.14. The minimum atomic E-state index is 1.04. The van der Waals surface area contributed by atoms with Crippen molar-refractivity contribution in [3.8, 4) is 11.3 Å². The van der Waals surface area contributed by atoms with E-state index < -0.39 is 0 Å². The third-order valence-corrected chi connectivity index (χ3v) is 4.25. The summed E-state index contributed by atoms with van der Waals surface area (Å²) in [6.07, 6.45) is 4.45. The van der Waals surface area contributed by atoms with Gasteiger partial charge in [-0.15, -0.1) is 11.3 Å². The van der Waals surface area contributed by atoms with E-state index in [1.165, 1.54) is 21.8 Å². The quantitative estimate of drug-likeness (QED) is 0.814. The third kappa shape index (κ3) is 2.03. The van der Waals surface area contributed by atoms with E-state index in [4.69, 9.17) is 4.98 Å². The van der Waals surface area contributed by atoms with Crippen LogP contribution in [-0.4, -0.2) is 23.6 Å². The van der Waals surface area contributed by atoms with Crippen LogP contribution in [0.3, 0.4) is 0 Å². The number of rotatable bonds is 4. The number of nitrogens with zero attached hydrogens (tertiary/aromatic N) is 1. The fraction of sp³-hybridized carbons (Fsp3) is 0.462. The molecule has 3 nitrogen and oxygen atoms in total. The van der Waals surface area contributed by atoms with Gasteiger partial charge >= 0.3 is 0 Å². The minimum Gasteiger partial charge on any atom is -0.345 e. The highest BCUT2D eigenvalue weighted by Crippen LogP contribution is 2.35. The lowest BCUT2D eigenvalue weighted by Gasteiger charge is -2.09. The van der Waals surface area contributed by atoms with Crippen LogP contribution in [0.1, 0.15) is 22.8 Å². The number of aromatic nitrogens is 2. The summed E-state index contributed by atoms with van der Waals surface area (Å²) in [5, 5.41) is 5.35. The average molecular weight is 247 g/mol. The fourth-order valence-corrected chi connectivity index (χ4v) is 3.28. The van der Waals surface area contributed by atoms with Crippen LogP contribution < -0.4 is 5.32 Å². The number of aryl methyl sites for hydroxylation is 3. The minimum absolute atomic E-state index is 1.04. The number of thiophene rings is 1. The fourth-order valence-electron chi connectivity index (χ4n) is 2.40. The van der Waals surface area contributed by atoms with Crippen molar-refractivity contribution in [2.75, 3.05) is 13.6 Å². The number of aromatic amines is 1. The molecule has 0 atom stereocenters. The smallest absolute Gasteiger partial charge is 0.107 e. The molecular weight excluding hydrogens is 230 g/mol. The molecule has 1 aliphatic carbocycles. The van der Waals surface area contributed by atoms with Crippen molar-refractivity contribution in [2.45, 2.75) is 25.7 Å². The second-order valence-electron chi connectivity index (χ2n) is 4.48. The standard InChI is InChI=1S/C13H17N3S/c1-14-7-2-3-12-15-10-4-5-11-9(6-8-17-11)13(10)16-12/h6,8,14H,2-5,7H2,1H3,(H,15,16). The van der Waals surface area contributed by atoms with Crippen molar-refractivity contribution in [2.24, 2.45) is 0 Å². The van der Waals surface area contributed by atoms with Crippen molar-refractivity contribution < 1.29 is 0 Å². The number of hydrogen-bond acceptors (Lipinski definition) is 3. The Kier molecular flexibility index (Phi) is 2.99. The number of fused-ring (bicyclic) bond motifs is 3. The van der Waals surface area contributed by atoms with E-state index in [-0.39, 0.29) is 0 Å². The SMILES string of the molecule is CNCCCc1nc2c([nH]1)CCc1sccc1-2. The van der Waals surface area contributed by atoms with Crippen LogP contribution in [0.4, 0.5) is 0 Å². The summed E-state index contributed by atoms with van der Waals surface area (Å²) < 4.78 is 0. The molecule has 90 valence electrons. The number of H-pyrrole nitrogens is 1. The second kappa shape index (κ2) is 4.63. The Morgan fingerprint density at radius 3 is 3.29 bits per heavy atom. The third-order valence-electron chi connectivity index (χ3n) is 3.27. The summed E-state index contributed by atoms with van der Waals surface area (Å²) in [4.78, 5) is 9.74. The molecular formula is C13H17N3S. The monoisotopic (exact) mass is 247 g/mol. The van der Waals surface area contributed by atoms with Gasteiger partial charge in [-0.1, -0.05) is 0 Å². The Balaban J connectivity index is 1.84. The molecule has 0 fully saturated rings. The summed E-state index contributed by atoms with van der Waals surface area (Å²) >= 11 is 1.86. The van der Waals surface area contributed by atoms with Crippen LogP contribution in [0.5, 0.6) is 0 Å². The van der Waals surface area contributed by atoms with E-state index in [0.717, 1.165) is 38.1 Å². The van der Waals surface area contributed by atoms with Crippen molar-refractivity contribution in [1.29, 1.82) is 0 Å². The van der Waals surface area contributed by atoms with Gasteiger partial charge in [0.15, 0.2) is 0 Å². The van der Waals surface area contributed by atoms with Gasteiger partial charge in [0, 0.05) is 22.6 Å². The predicted octanol–water partition coefficient (Wildman–Crippen LogP) is 2.39. The van der Waals surface area contributed by atoms with Gasteiger partial charge in [-0.05, 0) is 44.3 Å². The first-order valence-electron chi connectivity index (χ1n) is 6.17. The highest BCUT2D eigenvalue weighted by atomic mass is 32.1. The molecule has 2 N–H and O–H groups in total. The molecule has 0 bridgehead atoms. The lowest BCUT2D eigenvalue weighted by Crippen LogP contribution is -2.08. The zero-order chi connectivity index (χ0) is 11.7. The van der Waals surface area contributed by atoms with Gasteiger partial charge in [-0.25, -0.2) is 4.98 Å². The number of imidazole rings is 1. The Morgan fingerprint density at radius 2 is 2.41 bits per heavy atom. The van der Waals surface area contributed by atoms with Crippen LogP contribution >= 0.6 is 11.3 Å². The molecule has 17 heavy (non-hydrogen) atoms. The molecule has 4 heteroatoms. The molecule has 0 radical (unpaired) electrons. The van der Waals surface area contributed by atoms with Gasteiger partial charge in [0.2, 0.25) is 0 Å². The molecule has 0 aliphatic heterocycles. The lowest BCUT2D eigenvalue weighted by molar-refractivity contribution is 0.706. The predicted molar refractivity (Wildman–Crippen MR) is 71.6 cm³/mol. The van der Waals surface area contributed by atoms with Crippen molar-refractivity contribution in [3.05, 3.63) is 27.8 Å². The zero-order valence-corrected chi connectivity index (χ0v) is 10.9. The van der Waals surface area contributed by atoms with Crippen LogP contribution in [0, 0.1) is 0 Å². The van der Waals surface area contributed by atoms with Crippen LogP contribution in [0.25, 0.3) is 11.3 Å². The van der Waals surface area contributed by atoms with Gasteiger partial charge < -0.3 is 10.3 Å². The Labute approximate surface area is 105 Å². The zero-order valence-electron chi connectivity index (χ0n) is 10.0. The van der Waals surface area contributed by atoms with Gasteiger partial charge in [-0.3, -0.25) is 0 Å². The normalized spacial score (nSPS) is 13.5. The first-order chi connectivity index (χ1) is 8.38. The number of nitrogens with one attached hydrogen (secondary N) is 2. The average Bonchev–Trinajstić information content (AvgIpc) is 2.93. The van der Waals surface area contributed by atoms with E-state index in [1.807, 2.05) is 18.4 Å². The topological polar surface area (TPSA) is 40.7 Å². The second-order valence-corrected chi connectivity index (χ2v) is 5.48. The molecule has 1 aliphatic rings. The van der Waals surface area contributed by atoms with E-state index in [1.54, 1.807) is 0 Å². The summed E-state index contributed by atoms with van der Waals surface area (Å²) in [6, 6.07) is 2.20. The Morgan fingerprint density at radius 1 is 1.47 bits per heavy atom. The molecule has 0 spiro atoms. The molecule has 3 rings (SSSR count).